The molecule has 1 atom stereocenters. The lowest BCUT2D eigenvalue weighted by Crippen LogP contribution is -2.21. The van der Waals surface area contributed by atoms with Gasteiger partial charge in [-0.25, -0.2) is 0 Å². The number of nitrogens with zero attached hydrogens (tertiary/aromatic N) is 1. The van der Waals surface area contributed by atoms with Crippen LogP contribution in [0.2, 0.25) is 0 Å². The third-order valence-corrected chi connectivity index (χ3v) is 3.03. The number of aromatic nitrogens is 1. The topological polar surface area (TPSA) is 45.2 Å². The summed E-state index contributed by atoms with van der Waals surface area (Å²) in [5.41, 5.74) is 3.00. The molecule has 2 N–H and O–H groups in total. The van der Waals surface area contributed by atoms with Crippen LogP contribution in [0, 0.1) is 6.92 Å². The van der Waals surface area contributed by atoms with Gasteiger partial charge in [0, 0.05) is 18.1 Å². The number of benzene rings is 1. The highest BCUT2D eigenvalue weighted by molar-refractivity contribution is 6.18. The van der Waals surface area contributed by atoms with Gasteiger partial charge < -0.3 is 10.4 Å². The van der Waals surface area contributed by atoms with Crippen LogP contribution < -0.4 is 5.32 Å². The number of nitrogens with one attached hydrogen (secondary N) is 1. The standard InChI is InChI=1S/C13H15ClN2O/c1-9-4-5-10-3-2-6-15-13(10)12(9)16-8-11(17)7-14/h2-6,11,16-17H,7-8H2,1H3. The predicted molar refractivity (Wildman–Crippen MR) is 71.7 cm³/mol. The van der Waals surface area contributed by atoms with E-state index in [1.54, 1.807) is 6.20 Å². The molecule has 3 nitrogen and oxygen atoms in total. The molecule has 0 saturated carbocycles. The molecule has 0 aliphatic rings. The minimum absolute atomic E-state index is 0.226. The van der Waals surface area contributed by atoms with Crippen LogP contribution in [0.15, 0.2) is 30.5 Å². The summed E-state index contributed by atoms with van der Waals surface area (Å²) < 4.78 is 0. The molecule has 0 saturated heterocycles. The minimum atomic E-state index is -0.546. The molecule has 0 aliphatic carbocycles. The molecule has 90 valence electrons. The Morgan fingerprint density at radius 2 is 2.24 bits per heavy atom. The molecule has 4 heteroatoms. The minimum Gasteiger partial charge on any atom is -0.390 e. The van der Waals surface area contributed by atoms with Crippen molar-refractivity contribution < 1.29 is 5.11 Å². The van der Waals surface area contributed by atoms with Crippen molar-refractivity contribution >= 4 is 28.2 Å². The molecule has 0 amide bonds. The van der Waals surface area contributed by atoms with E-state index < -0.39 is 6.10 Å². The highest BCUT2D eigenvalue weighted by atomic mass is 35.5. The van der Waals surface area contributed by atoms with Gasteiger partial charge in [0.05, 0.1) is 23.2 Å². The van der Waals surface area contributed by atoms with Crippen LogP contribution >= 0.6 is 11.6 Å². The number of alkyl halides is 1. The Balaban J connectivity index is 2.34. The maximum atomic E-state index is 9.47. The second-order valence-corrected chi connectivity index (χ2v) is 4.33. The van der Waals surface area contributed by atoms with Gasteiger partial charge in [0.1, 0.15) is 0 Å². The van der Waals surface area contributed by atoms with E-state index in [1.807, 2.05) is 31.2 Å². The Hall–Kier alpha value is -1.32. The van der Waals surface area contributed by atoms with Crippen LogP contribution in [0.3, 0.4) is 0 Å². The Morgan fingerprint density at radius 3 is 3.00 bits per heavy atom. The quantitative estimate of drug-likeness (QED) is 0.820. The van der Waals surface area contributed by atoms with Crippen LogP contribution in [0.4, 0.5) is 5.69 Å². The van der Waals surface area contributed by atoms with Crippen LogP contribution in [-0.2, 0) is 0 Å². The van der Waals surface area contributed by atoms with Gasteiger partial charge in [-0.05, 0) is 18.6 Å². The van der Waals surface area contributed by atoms with Gasteiger partial charge in [0.15, 0.2) is 0 Å². The molecule has 1 unspecified atom stereocenters. The molecule has 17 heavy (non-hydrogen) atoms. The van der Waals surface area contributed by atoms with Crippen LogP contribution in [-0.4, -0.2) is 28.6 Å². The van der Waals surface area contributed by atoms with E-state index >= 15 is 0 Å². The molecular weight excluding hydrogens is 236 g/mol. The van der Waals surface area contributed by atoms with Crippen molar-refractivity contribution in [1.82, 2.24) is 4.98 Å². The van der Waals surface area contributed by atoms with Crippen molar-refractivity contribution in [3.8, 4) is 0 Å². The number of aliphatic hydroxyl groups is 1. The van der Waals surface area contributed by atoms with Gasteiger partial charge in [0.25, 0.3) is 0 Å². The first-order valence-electron chi connectivity index (χ1n) is 5.54. The number of fused-ring (bicyclic) bond motifs is 1. The molecular formula is C13H15ClN2O. The third kappa shape index (κ3) is 2.68. The van der Waals surface area contributed by atoms with Gasteiger partial charge in [-0.1, -0.05) is 18.2 Å². The first kappa shape index (κ1) is 12.1. The fourth-order valence-electron chi connectivity index (χ4n) is 1.74. The fourth-order valence-corrected chi connectivity index (χ4v) is 1.85. The van der Waals surface area contributed by atoms with Crippen molar-refractivity contribution in [3.63, 3.8) is 0 Å². The summed E-state index contributed by atoms with van der Waals surface area (Å²) in [4.78, 5) is 4.37. The summed E-state index contributed by atoms with van der Waals surface area (Å²) in [5.74, 6) is 0.226. The van der Waals surface area contributed by atoms with Gasteiger partial charge in [-0.2, -0.15) is 0 Å². The maximum Gasteiger partial charge on any atom is 0.0935 e. The van der Waals surface area contributed by atoms with Gasteiger partial charge in [0.2, 0.25) is 0 Å². The van der Waals surface area contributed by atoms with Gasteiger partial charge in [-0.15, -0.1) is 11.6 Å². The van der Waals surface area contributed by atoms with E-state index in [9.17, 15) is 5.11 Å². The number of hydrogen-bond acceptors (Lipinski definition) is 3. The highest BCUT2D eigenvalue weighted by Crippen LogP contribution is 2.24. The normalized spacial score (nSPS) is 12.6. The average molecular weight is 251 g/mol. The summed E-state index contributed by atoms with van der Waals surface area (Å²) in [6.07, 6.45) is 1.22. The lowest BCUT2D eigenvalue weighted by molar-refractivity contribution is 0.211. The molecule has 0 aliphatic heterocycles. The molecule has 0 fully saturated rings. The molecule has 0 spiro atoms. The van der Waals surface area contributed by atoms with Gasteiger partial charge in [-0.3, -0.25) is 4.98 Å². The molecule has 1 heterocycles. The van der Waals surface area contributed by atoms with Crippen LogP contribution in [0.5, 0.6) is 0 Å². The Labute approximate surface area is 105 Å². The second kappa shape index (κ2) is 5.34. The van der Waals surface area contributed by atoms with Crippen molar-refractivity contribution in [3.05, 3.63) is 36.0 Å². The molecule has 2 rings (SSSR count). The number of halogens is 1. The van der Waals surface area contributed by atoms with Crippen molar-refractivity contribution in [2.24, 2.45) is 0 Å². The zero-order chi connectivity index (χ0) is 12.3. The highest BCUT2D eigenvalue weighted by Gasteiger charge is 2.07. The lowest BCUT2D eigenvalue weighted by atomic mass is 10.1. The Bertz CT molecular complexity index is 516. The number of pyridine rings is 1. The number of aryl methyl sites for hydroxylation is 1. The summed E-state index contributed by atoms with van der Waals surface area (Å²) >= 11 is 5.57. The second-order valence-electron chi connectivity index (χ2n) is 4.02. The number of aliphatic hydroxyl groups excluding tert-OH is 1. The first-order valence-corrected chi connectivity index (χ1v) is 6.08. The predicted octanol–water partition coefficient (Wildman–Crippen LogP) is 2.55. The van der Waals surface area contributed by atoms with Crippen molar-refractivity contribution in [2.75, 3.05) is 17.7 Å². The summed E-state index contributed by atoms with van der Waals surface area (Å²) in [6, 6.07) is 8.01. The number of hydrogen-bond donors (Lipinski definition) is 2. The Kier molecular flexibility index (Phi) is 3.82. The average Bonchev–Trinajstić information content (AvgIpc) is 2.37. The third-order valence-electron chi connectivity index (χ3n) is 2.68. The molecule has 0 radical (unpaired) electrons. The SMILES string of the molecule is Cc1ccc2cccnc2c1NCC(O)CCl. The zero-order valence-corrected chi connectivity index (χ0v) is 10.4. The molecule has 2 aromatic rings. The number of rotatable bonds is 4. The van der Waals surface area contributed by atoms with Crippen molar-refractivity contribution in [1.29, 1.82) is 0 Å². The molecule has 0 bridgehead atoms. The van der Waals surface area contributed by atoms with Gasteiger partial charge >= 0.3 is 0 Å². The Morgan fingerprint density at radius 1 is 1.41 bits per heavy atom. The lowest BCUT2D eigenvalue weighted by Gasteiger charge is -2.14. The largest absolute Gasteiger partial charge is 0.390 e. The fraction of sp³-hybridized carbons (Fsp3) is 0.308. The smallest absolute Gasteiger partial charge is 0.0935 e. The molecule has 1 aromatic carbocycles. The zero-order valence-electron chi connectivity index (χ0n) is 9.65. The van der Waals surface area contributed by atoms with Crippen LogP contribution in [0.25, 0.3) is 10.9 Å². The summed E-state index contributed by atoms with van der Waals surface area (Å²) in [5, 5.41) is 13.8. The monoisotopic (exact) mass is 250 g/mol. The van der Waals surface area contributed by atoms with E-state index in [-0.39, 0.29) is 5.88 Å². The maximum absolute atomic E-state index is 9.47. The van der Waals surface area contributed by atoms with E-state index in [0.717, 1.165) is 22.2 Å². The van der Waals surface area contributed by atoms with E-state index in [2.05, 4.69) is 10.3 Å². The van der Waals surface area contributed by atoms with E-state index in [4.69, 9.17) is 11.6 Å². The van der Waals surface area contributed by atoms with E-state index in [1.165, 1.54) is 0 Å². The van der Waals surface area contributed by atoms with Crippen molar-refractivity contribution in [2.45, 2.75) is 13.0 Å². The van der Waals surface area contributed by atoms with E-state index in [0.29, 0.717) is 6.54 Å². The summed E-state index contributed by atoms with van der Waals surface area (Å²) in [6.45, 7) is 2.45. The number of anilines is 1. The molecule has 1 aromatic heterocycles. The summed E-state index contributed by atoms with van der Waals surface area (Å²) in [7, 11) is 0. The van der Waals surface area contributed by atoms with Crippen LogP contribution in [0.1, 0.15) is 5.56 Å². The first-order chi connectivity index (χ1) is 8.22.